The monoisotopic (exact) mass is 421 g/mol. The maximum absolute atomic E-state index is 14.7. The minimum atomic E-state index is -1.23. The van der Waals surface area contributed by atoms with E-state index >= 15 is 0 Å². The number of amidine groups is 1. The Morgan fingerprint density at radius 1 is 1.06 bits per heavy atom. The van der Waals surface area contributed by atoms with Crippen molar-refractivity contribution in [1.82, 2.24) is 19.6 Å². The van der Waals surface area contributed by atoms with Crippen LogP contribution in [-0.4, -0.2) is 62.2 Å². The van der Waals surface area contributed by atoms with Crippen LogP contribution in [0.5, 0.6) is 0 Å². The lowest BCUT2D eigenvalue weighted by molar-refractivity contribution is 0.0690. The Kier molecular flexibility index (Phi) is 5.59. The number of rotatable bonds is 4. The highest BCUT2D eigenvalue weighted by atomic mass is 19.1. The first kappa shape index (κ1) is 20.4. The van der Waals surface area contributed by atoms with Crippen LogP contribution in [-0.2, 0) is 6.54 Å². The summed E-state index contributed by atoms with van der Waals surface area (Å²) in [5, 5.41) is 20.9. The van der Waals surface area contributed by atoms with Crippen LogP contribution in [0, 0.1) is 11.2 Å². The molecule has 2 heterocycles. The molecule has 1 aromatic heterocycles. The average Bonchev–Trinajstić information content (AvgIpc) is 3.26. The summed E-state index contributed by atoms with van der Waals surface area (Å²) < 4.78 is 15.6. The molecular weight excluding hydrogens is 401 g/mol. The van der Waals surface area contributed by atoms with Gasteiger partial charge in [0, 0.05) is 31.4 Å². The van der Waals surface area contributed by atoms with E-state index in [1.807, 2.05) is 41.3 Å². The van der Waals surface area contributed by atoms with Gasteiger partial charge in [0.05, 0.1) is 6.54 Å². The number of nitrogens with one attached hydrogen (secondary N) is 1. The molecule has 1 saturated heterocycles. The number of halogens is 1. The van der Waals surface area contributed by atoms with Gasteiger partial charge in [0.1, 0.15) is 11.7 Å². The van der Waals surface area contributed by atoms with Crippen LogP contribution >= 0.6 is 0 Å². The van der Waals surface area contributed by atoms with Crippen molar-refractivity contribution in [2.75, 3.05) is 19.6 Å². The van der Waals surface area contributed by atoms with Crippen LogP contribution in [0.15, 0.2) is 60.8 Å². The van der Waals surface area contributed by atoms with Gasteiger partial charge < -0.3 is 5.11 Å². The van der Waals surface area contributed by atoms with Crippen LogP contribution in [0.3, 0.4) is 0 Å². The maximum atomic E-state index is 14.7. The first-order valence-corrected chi connectivity index (χ1v) is 9.67. The summed E-state index contributed by atoms with van der Waals surface area (Å²) in [5.41, 5.74) is 2.01. The molecule has 158 valence electrons. The Bertz CT molecular complexity index is 1150. The standard InChI is InChI=1S/C22H20FN5O3/c23-18-12-16(15-4-2-1-3-5-15)6-7-17(18)13-26-10-11-27(20(24)14-26)22(31)28-9-8-19(25-28)21(29)30/h1-9,12,24H,10-11,13-14H2,(H,29,30). The first-order chi connectivity index (χ1) is 14.9. The number of amides is 1. The molecule has 2 N–H and O–H groups in total. The Labute approximate surface area is 177 Å². The molecule has 0 spiro atoms. The lowest BCUT2D eigenvalue weighted by atomic mass is 10.0. The molecule has 1 aliphatic heterocycles. The predicted octanol–water partition coefficient (Wildman–Crippen LogP) is 3.15. The number of hydrogen-bond donors (Lipinski definition) is 2. The number of carboxylic acid groups (broad SMARTS) is 1. The van der Waals surface area contributed by atoms with E-state index in [0.717, 1.165) is 15.8 Å². The van der Waals surface area contributed by atoms with Crippen molar-refractivity contribution in [1.29, 1.82) is 5.41 Å². The van der Waals surface area contributed by atoms with Crippen LogP contribution in [0.2, 0.25) is 0 Å². The van der Waals surface area contributed by atoms with Gasteiger partial charge in [-0.3, -0.25) is 15.2 Å². The predicted molar refractivity (Wildman–Crippen MR) is 112 cm³/mol. The smallest absolute Gasteiger partial charge is 0.356 e. The zero-order chi connectivity index (χ0) is 22.0. The van der Waals surface area contributed by atoms with E-state index in [2.05, 4.69) is 5.10 Å². The third kappa shape index (κ3) is 4.36. The molecule has 0 aliphatic carbocycles. The highest BCUT2D eigenvalue weighted by molar-refractivity contribution is 5.98. The molecule has 0 unspecified atom stereocenters. The minimum Gasteiger partial charge on any atom is -0.476 e. The van der Waals surface area contributed by atoms with Gasteiger partial charge in [-0.2, -0.15) is 9.78 Å². The molecule has 1 fully saturated rings. The number of carbonyl (C=O) groups excluding carboxylic acids is 1. The number of carbonyl (C=O) groups is 2. The van der Waals surface area contributed by atoms with Crippen molar-refractivity contribution in [2.24, 2.45) is 0 Å². The summed E-state index contributed by atoms with van der Waals surface area (Å²) in [6.07, 6.45) is 1.26. The van der Waals surface area contributed by atoms with E-state index in [9.17, 15) is 14.0 Å². The molecular formula is C22H20FN5O3. The number of aromatic nitrogens is 2. The fraction of sp³-hybridized carbons (Fsp3) is 0.182. The summed E-state index contributed by atoms with van der Waals surface area (Å²) in [6.45, 7) is 1.15. The number of carboxylic acids is 1. The van der Waals surface area contributed by atoms with Crippen LogP contribution < -0.4 is 0 Å². The van der Waals surface area contributed by atoms with E-state index in [1.54, 1.807) is 6.07 Å². The van der Waals surface area contributed by atoms with Crippen LogP contribution in [0.4, 0.5) is 9.18 Å². The molecule has 8 nitrogen and oxygen atoms in total. The van der Waals surface area contributed by atoms with Crippen LogP contribution in [0.1, 0.15) is 16.1 Å². The minimum absolute atomic E-state index is 0.0462. The molecule has 0 bridgehead atoms. The van der Waals surface area contributed by atoms with Gasteiger partial charge in [-0.1, -0.05) is 42.5 Å². The van der Waals surface area contributed by atoms with E-state index in [-0.39, 0.29) is 30.4 Å². The van der Waals surface area contributed by atoms with Gasteiger partial charge in [-0.25, -0.2) is 14.0 Å². The van der Waals surface area contributed by atoms with Gasteiger partial charge in [-0.05, 0) is 23.3 Å². The van der Waals surface area contributed by atoms with Crippen molar-refractivity contribution < 1.29 is 19.1 Å². The third-order valence-electron chi connectivity index (χ3n) is 5.13. The van der Waals surface area contributed by atoms with Crippen molar-refractivity contribution in [3.63, 3.8) is 0 Å². The van der Waals surface area contributed by atoms with E-state index < -0.39 is 12.0 Å². The van der Waals surface area contributed by atoms with Crippen LogP contribution in [0.25, 0.3) is 11.1 Å². The maximum Gasteiger partial charge on any atom is 0.356 e. The number of aromatic carboxylic acids is 1. The van der Waals surface area contributed by atoms with E-state index in [4.69, 9.17) is 10.5 Å². The van der Waals surface area contributed by atoms with E-state index in [0.29, 0.717) is 18.7 Å². The second kappa shape index (κ2) is 8.49. The Balaban J connectivity index is 1.40. The fourth-order valence-corrected chi connectivity index (χ4v) is 3.49. The van der Waals surface area contributed by atoms with Gasteiger partial charge in [0.2, 0.25) is 0 Å². The zero-order valence-corrected chi connectivity index (χ0v) is 16.5. The molecule has 4 rings (SSSR count). The topological polar surface area (TPSA) is 103 Å². The Morgan fingerprint density at radius 2 is 1.84 bits per heavy atom. The lowest BCUT2D eigenvalue weighted by Crippen LogP contribution is -2.53. The summed E-state index contributed by atoms with van der Waals surface area (Å²) >= 11 is 0. The third-order valence-corrected chi connectivity index (χ3v) is 5.13. The van der Waals surface area contributed by atoms with Gasteiger partial charge >= 0.3 is 12.0 Å². The normalized spacial score (nSPS) is 14.6. The molecule has 1 amide bonds. The number of piperazine rings is 1. The van der Waals surface area contributed by atoms with Gasteiger partial charge in [0.15, 0.2) is 5.69 Å². The second-order valence-electron chi connectivity index (χ2n) is 7.21. The van der Waals surface area contributed by atoms with Crippen molar-refractivity contribution in [3.8, 4) is 11.1 Å². The highest BCUT2D eigenvalue weighted by Crippen LogP contribution is 2.23. The molecule has 1 aliphatic rings. The quantitative estimate of drug-likeness (QED) is 0.674. The molecule has 0 radical (unpaired) electrons. The Morgan fingerprint density at radius 3 is 2.48 bits per heavy atom. The summed E-state index contributed by atoms with van der Waals surface area (Å²) in [7, 11) is 0. The zero-order valence-electron chi connectivity index (χ0n) is 16.5. The SMILES string of the molecule is N=C1CN(Cc2ccc(-c3ccccc3)cc2F)CCN1C(=O)n1ccc(C(=O)O)n1. The largest absolute Gasteiger partial charge is 0.476 e. The summed E-state index contributed by atoms with van der Waals surface area (Å²) in [6, 6.07) is 15.3. The van der Waals surface area contributed by atoms with E-state index in [1.165, 1.54) is 23.2 Å². The number of hydrogen-bond acceptors (Lipinski definition) is 5. The fourth-order valence-electron chi connectivity index (χ4n) is 3.49. The number of benzene rings is 2. The summed E-state index contributed by atoms with van der Waals surface area (Å²) in [5.74, 6) is -1.50. The number of nitrogens with zero attached hydrogens (tertiary/aromatic N) is 4. The van der Waals surface area contributed by atoms with Crippen molar-refractivity contribution in [2.45, 2.75) is 6.54 Å². The molecule has 2 aromatic carbocycles. The van der Waals surface area contributed by atoms with Crippen molar-refractivity contribution >= 4 is 17.8 Å². The Hall–Kier alpha value is -3.85. The van der Waals surface area contributed by atoms with Crippen molar-refractivity contribution in [3.05, 3.63) is 77.9 Å². The molecule has 0 atom stereocenters. The molecule has 3 aromatic rings. The lowest BCUT2D eigenvalue weighted by Gasteiger charge is -2.34. The second-order valence-corrected chi connectivity index (χ2v) is 7.21. The van der Waals surface area contributed by atoms with Gasteiger partial charge in [-0.15, -0.1) is 0 Å². The molecule has 31 heavy (non-hydrogen) atoms. The summed E-state index contributed by atoms with van der Waals surface area (Å²) in [4.78, 5) is 26.6. The molecule has 0 saturated carbocycles. The van der Waals surface area contributed by atoms with Gasteiger partial charge in [0.25, 0.3) is 0 Å². The average molecular weight is 421 g/mol. The highest BCUT2D eigenvalue weighted by Gasteiger charge is 2.28. The molecule has 9 heteroatoms. The first-order valence-electron chi connectivity index (χ1n) is 9.67.